The quantitative estimate of drug-likeness (QED) is 0.522. The van der Waals surface area contributed by atoms with Gasteiger partial charge in [0, 0.05) is 0 Å². The molecule has 4 rings (SSSR count). The Morgan fingerprint density at radius 2 is 1.80 bits per heavy atom. The second-order valence-corrected chi connectivity index (χ2v) is 7.13. The Morgan fingerprint density at radius 3 is 2.53 bits per heavy atom. The molecule has 0 heterocycles. The van der Waals surface area contributed by atoms with E-state index in [1.807, 2.05) is 5.92 Å². The molecule has 0 bridgehead atoms. The third-order valence-electron chi connectivity index (χ3n) is 6.75. The van der Waals surface area contributed by atoms with E-state index in [4.69, 9.17) is 0 Å². The van der Waals surface area contributed by atoms with E-state index in [-0.39, 0.29) is 0 Å². The zero-order valence-corrected chi connectivity index (χ0v) is 10.3. The normalized spacial score (nSPS) is 63.3. The molecule has 81 valence electrons. The molecule has 0 saturated heterocycles. The molecule has 1 radical (unpaired) electrons. The van der Waals surface area contributed by atoms with Crippen LogP contribution in [0.1, 0.15) is 40.5 Å². The van der Waals surface area contributed by atoms with Crippen molar-refractivity contribution < 1.29 is 0 Å². The molecule has 0 aliphatic heterocycles. The summed E-state index contributed by atoms with van der Waals surface area (Å²) in [4.78, 5) is 0. The molecule has 0 aromatic heterocycles. The lowest BCUT2D eigenvalue weighted by molar-refractivity contribution is 0.237. The molecule has 3 saturated carbocycles. The number of rotatable bonds is 0. The Hall–Kier alpha value is -0.260. The molecule has 4 aliphatic rings. The average Bonchev–Trinajstić information content (AvgIpc) is 2.48. The van der Waals surface area contributed by atoms with Gasteiger partial charge in [-0.1, -0.05) is 39.8 Å². The Morgan fingerprint density at radius 1 is 1.13 bits per heavy atom. The fourth-order valence-electron chi connectivity index (χ4n) is 6.41. The largest absolute Gasteiger partial charge is 0.0840 e. The standard InChI is InChI=1S/C15H21/c1-9-5-6-11-13(2,3)10-7-8-12-14(10,4)15(9,11)12/h7-10,12H,5-6H2,1-4H3/t9-,10?,12?,14-,15?/m1/s1. The fraction of sp³-hybridized carbons (Fsp3) is 0.800. The molecule has 0 aromatic rings. The van der Waals surface area contributed by atoms with Crippen LogP contribution in [0.2, 0.25) is 0 Å². The van der Waals surface area contributed by atoms with Gasteiger partial charge in [-0.15, -0.1) is 0 Å². The van der Waals surface area contributed by atoms with Crippen molar-refractivity contribution in [3.8, 4) is 0 Å². The third kappa shape index (κ3) is 0.549. The Labute approximate surface area is 93.1 Å². The van der Waals surface area contributed by atoms with Gasteiger partial charge in [0.15, 0.2) is 0 Å². The van der Waals surface area contributed by atoms with Crippen LogP contribution in [-0.2, 0) is 0 Å². The predicted octanol–water partition coefficient (Wildman–Crippen LogP) is 3.84. The van der Waals surface area contributed by atoms with E-state index < -0.39 is 0 Å². The number of hydrogen-bond donors (Lipinski definition) is 0. The summed E-state index contributed by atoms with van der Waals surface area (Å²) in [6.07, 6.45) is 7.96. The van der Waals surface area contributed by atoms with E-state index in [1.54, 1.807) is 0 Å². The molecule has 4 aliphatic carbocycles. The first kappa shape index (κ1) is 8.84. The van der Waals surface area contributed by atoms with Gasteiger partial charge in [0.1, 0.15) is 0 Å². The highest BCUT2D eigenvalue weighted by Crippen LogP contribution is 2.94. The SMILES string of the molecule is C[C@@H]1CC[C]2C(C)(C)C3C=CC4C21[C@]34C. The first-order valence-electron chi connectivity index (χ1n) is 6.53. The Kier molecular flexibility index (Phi) is 1.15. The summed E-state index contributed by atoms with van der Waals surface area (Å²) in [6, 6.07) is 0. The van der Waals surface area contributed by atoms with Crippen LogP contribution < -0.4 is 0 Å². The molecular formula is C15H21. The summed E-state index contributed by atoms with van der Waals surface area (Å²) >= 11 is 0. The smallest absolute Gasteiger partial charge is 0.00704 e. The molecule has 15 heavy (non-hydrogen) atoms. The van der Waals surface area contributed by atoms with Crippen molar-refractivity contribution in [2.45, 2.75) is 40.5 Å². The van der Waals surface area contributed by atoms with Crippen molar-refractivity contribution in [3.05, 3.63) is 18.1 Å². The lowest BCUT2D eigenvalue weighted by Gasteiger charge is -2.34. The van der Waals surface area contributed by atoms with Gasteiger partial charge in [-0.05, 0) is 52.8 Å². The molecule has 1 spiro atoms. The molecule has 5 atom stereocenters. The van der Waals surface area contributed by atoms with Crippen molar-refractivity contribution in [2.24, 2.45) is 34.0 Å². The van der Waals surface area contributed by atoms with Crippen LogP contribution in [0.25, 0.3) is 0 Å². The van der Waals surface area contributed by atoms with Crippen LogP contribution in [0, 0.1) is 39.9 Å². The summed E-state index contributed by atoms with van der Waals surface area (Å²) in [7, 11) is 0. The molecule has 0 nitrogen and oxygen atoms in total. The van der Waals surface area contributed by atoms with E-state index in [0.717, 1.165) is 17.8 Å². The zero-order chi connectivity index (χ0) is 10.6. The second-order valence-electron chi connectivity index (χ2n) is 7.13. The van der Waals surface area contributed by atoms with Gasteiger partial charge in [-0.3, -0.25) is 0 Å². The van der Waals surface area contributed by atoms with E-state index >= 15 is 0 Å². The molecule has 3 unspecified atom stereocenters. The highest BCUT2D eigenvalue weighted by molar-refractivity contribution is 5.53. The maximum absolute atomic E-state index is 2.57. The fourth-order valence-corrected chi connectivity index (χ4v) is 6.41. The van der Waals surface area contributed by atoms with Crippen molar-refractivity contribution >= 4 is 0 Å². The van der Waals surface area contributed by atoms with Crippen molar-refractivity contribution in [3.63, 3.8) is 0 Å². The highest BCUT2D eigenvalue weighted by Gasteiger charge is 2.89. The van der Waals surface area contributed by atoms with Crippen molar-refractivity contribution in [1.82, 2.24) is 0 Å². The van der Waals surface area contributed by atoms with Gasteiger partial charge in [0.25, 0.3) is 0 Å². The lowest BCUT2D eigenvalue weighted by atomic mass is 9.69. The number of allylic oxidation sites excluding steroid dienone is 2. The van der Waals surface area contributed by atoms with Crippen LogP contribution >= 0.6 is 0 Å². The van der Waals surface area contributed by atoms with Gasteiger partial charge in [-0.2, -0.15) is 0 Å². The van der Waals surface area contributed by atoms with Crippen LogP contribution in [0.5, 0.6) is 0 Å². The number of hydrogen-bond acceptors (Lipinski definition) is 0. The maximum Gasteiger partial charge on any atom is -0.00704 e. The summed E-state index contributed by atoms with van der Waals surface area (Å²) in [5.74, 6) is 4.63. The van der Waals surface area contributed by atoms with Gasteiger partial charge >= 0.3 is 0 Å². The topological polar surface area (TPSA) is 0 Å². The molecule has 3 fully saturated rings. The van der Waals surface area contributed by atoms with Crippen LogP contribution in [0.15, 0.2) is 12.2 Å². The summed E-state index contributed by atoms with van der Waals surface area (Å²) < 4.78 is 0. The Balaban J connectivity index is 1.97. The van der Waals surface area contributed by atoms with Gasteiger partial charge in [-0.25, -0.2) is 0 Å². The lowest BCUT2D eigenvalue weighted by Crippen LogP contribution is -2.28. The molecule has 0 N–H and O–H groups in total. The van der Waals surface area contributed by atoms with Crippen molar-refractivity contribution in [1.29, 1.82) is 0 Å². The minimum Gasteiger partial charge on any atom is -0.0840 e. The minimum absolute atomic E-state index is 0.489. The summed E-state index contributed by atoms with van der Waals surface area (Å²) in [6.45, 7) is 10.1. The Bertz CT molecular complexity index is 377. The molecular weight excluding hydrogens is 180 g/mol. The highest BCUT2D eigenvalue weighted by atomic mass is 14.9. The monoisotopic (exact) mass is 201 g/mol. The summed E-state index contributed by atoms with van der Waals surface area (Å²) in [5, 5.41) is 0. The first-order valence-corrected chi connectivity index (χ1v) is 6.53. The maximum atomic E-state index is 2.57. The van der Waals surface area contributed by atoms with E-state index in [1.165, 1.54) is 12.8 Å². The summed E-state index contributed by atoms with van der Waals surface area (Å²) in [5.41, 5.74) is 1.76. The predicted molar refractivity (Wildman–Crippen MR) is 62.1 cm³/mol. The first-order chi connectivity index (χ1) is 6.98. The van der Waals surface area contributed by atoms with Gasteiger partial charge < -0.3 is 0 Å². The van der Waals surface area contributed by atoms with Crippen LogP contribution in [0.3, 0.4) is 0 Å². The molecule has 0 amide bonds. The average molecular weight is 201 g/mol. The van der Waals surface area contributed by atoms with Crippen LogP contribution in [0.4, 0.5) is 0 Å². The third-order valence-corrected chi connectivity index (χ3v) is 6.75. The van der Waals surface area contributed by atoms with E-state index in [2.05, 4.69) is 39.8 Å². The van der Waals surface area contributed by atoms with Gasteiger partial charge in [0.2, 0.25) is 0 Å². The van der Waals surface area contributed by atoms with Crippen molar-refractivity contribution in [2.75, 3.05) is 0 Å². The molecule has 0 aromatic carbocycles. The second kappa shape index (κ2) is 1.96. The van der Waals surface area contributed by atoms with Crippen LogP contribution in [-0.4, -0.2) is 0 Å². The minimum atomic E-state index is 0.489. The zero-order valence-electron chi connectivity index (χ0n) is 10.3. The van der Waals surface area contributed by atoms with E-state index in [9.17, 15) is 0 Å². The molecule has 0 heteroatoms. The van der Waals surface area contributed by atoms with Gasteiger partial charge in [0.05, 0.1) is 0 Å². The van der Waals surface area contributed by atoms with E-state index in [0.29, 0.717) is 16.2 Å².